The van der Waals surface area contributed by atoms with Crippen molar-refractivity contribution in [2.24, 2.45) is 17.0 Å². The van der Waals surface area contributed by atoms with Crippen LogP contribution in [0.25, 0.3) is 0 Å². The predicted molar refractivity (Wildman–Crippen MR) is 61.7 cm³/mol. The molecule has 0 spiro atoms. The molecule has 2 aliphatic rings. The van der Waals surface area contributed by atoms with Crippen LogP contribution in [0.5, 0.6) is 0 Å². The van der Waals surface area contributed by atoms with Crippen molar-refractivity contribution < 1.29 is 5.21 Å². The van der Waals surface area contributed by atoms with Crippen LogP contribution in [0.2, 0.25) is 0 Å². The second-order valence-electron chi connectivity index (χ2n) is 4.36. The van der Waals surface area contributed by atoms with Crippen molar-refractivity contribution >= 4 is 17.5 Å². The molecule has 2 fully saturated rings. The zero-order valence-electron chi connectivity index (χ0n) is 8.78. The van der Waals surface area contributed by atoms with Gasteiger partial charge in [0.25, 0.3) is 0 Å². The van der Waals surface area contributed by atoms with Crippen LogP contribution in [0.1, 0.15) is 19.3 Å². The highest BCUT2D eigenvalue weighted by atomic mass is 32.2. The van der Waals surface area contributed by atoms with Crippen LogP contribution in [0.4, 0.5) is 0 Å². The Morgan fingerprint density at radius 3 is 2.88 bits per heavy atom. The maximum Gasteiger partial charge on any atom is 0.188 e. The average Bonchev–Trinajstić information content (AvgIpc) is 2.91. The molecule has 2 bridgehead atoms. The molecule has 0 saturated heterocycles. The van der Waals surface area contributed by atoms with Gasteiger partial charge in [0.2, 0.25) is 0 Å². The molecule has 2 aliphatic carbocycles. The highest BCUT2D eigenvalue weighted by Gasteiger charge is 2.46. The van der Waals surface area contributed by atoms with E-state index in [1.807, 2.05) is 6.07 Å². The summed E-state index contributed by atoms with van der Waals surface area (Å²) in [6, 6.07) is 1.81. The molecule has 0 unspecified atom stereocenters. The molecule has 1 heterocycles. The summed E-state index contributed by atoms with van der Waals surface area (Å²) in [6.45, 7) is 0. The van der Waals surface area contributed by atoms with Gasteiger partial charge >= 0.3 is 0 Å². The summed E-state index contributed by atoms with van der Waals surface area (Å²) < 4.78 is 0. The van der Waals surface area contributed by atoms with Crippen LogP contribution in [-0.2, 0) is 0 Å². The number of oxime groups is 1. The fourth-order valence-electron chi connectivity index (χ4n) is 2.79. The van der Waals surface area contributed by atoms with Crippen molar-refractivity contribution in [3.8, 4) is 0 Å². The quantitative estimate of drug-likeness (QED) is 0.485. The van der Waals surface area contributed by atoms with Gasteiger partial charge in [0.1, 0.15) is 0 Å². The van der Waals surface area contributed by atoms with Crippen LogP contribution >= 0.6 is 11.8 Å². The molecule has 16 heavy (non-hydrogen) atoms. The van der Waals surface area contributed by atoms with E-state index in [2.05, 4.69) is 15.1 Å². The number of rotatable bonds is 2. The predicted octanol–water partition coefficient (Wildman–Crippen LogP) is 2.20. The third-order valence-electron chi connectivity index (χ3n) is 3.50. The zero-order chi connectivity index (χ0) is 11.0. The fraction of sp³-hybridized carbons (Fsp3) is 0.545. The maximum absolute atomic E-state index is 9.07. The van der Waals surface area contributed by atoms with Gasteiger partial charge in [0.15, 0.2) is 5.16 Å². The molecule has 0 radical (unpaired) electrons. The minimum atomic E-state index is 0.283. The Kier molecular flexibility index (Phi) is 2.55. The minimum Gasteiger partial charge on any atom is -0.411 e. The van der Waals surface area contributed by atoms with E-state index in [4.69, 9.17) is 5.21 Å². The lowest BCUT2D eigenvalue weighted by atomic mass is 9.98. The zero-order valence-corrected chi connectivity index (χ0v) is 9.60. The smallest absolute Gasteiger partial charge is 0.188 e. The molecule has 0 aliphatic heterocycles. The molecular weight excluding hydrogens is 222 g/mol. The van der Waals surface area contributed by atoms with Crippen molar-refractivity contribution in [2.75, 3.05) is 0 Å². The van der Waals surface area contributed by atoms with Gasteiger partial charge in [-0.15, -0.1) is 0 Å². The van der Waals surface area contributed by atoms with Crippen molar-refractivity contribution in [2.45, 2.75) is 29.7 Å². The summed E-state index contributed by atoms with van der Waals surface area (Å²) >= 11 is 1.63. The monoisotopic (exact) mass is 235 g/mol. The fourth-order valence-corrected chi connectivity index (χ4v) is 4.06. The lowest BCUT2D eigenvalue weighted by molar-refractivity contribution is 0.314. The first-order valence-corrected chi connectivity index (χ1v) is 6.42. The summed E-state index contributed by atoms with van der Waals surface area (Å²) in [4.78, 5) is 8.42. The molecular formula is C11H13N3OS. The molecule has 3 rings (SSSR count). The third kappa shape index (κ3) is 1.59. The SMILES string of the molecule is O/N=C1\[C@H]2CC[C@H](C2)[C@@H]1Sc1ncccn1. The van der Waals surface area contributed by atoms with Gasteiger partial charge in [-0.05, 0) is 31.2 Å². The second kappa shape index (κ2) is 4.05. The van der Waals surface area contributed by atoms with Crippen LogP contribution < -0.4 is 0 Å². The van der Waals surface area contributed by atoms with Crippen molar-refractivity contribution in [3.63, 3.8) is 0 Å². The highest BCUT2D eigenvalue weighted by molar-refractivity contribution is 8.00. The molecule has 0 aromatic carbocycles. The standard InChI is InChI=1S/C11H13N3OS/c15-14-9-7-2-3-8(6-7)10(9)16-11-12-4-1-5-13-11/h1,4-5,7-8,10,15H,2-3,6H2/b14-9+/t7-,8+,10-/m0/s1. The largest absolute Gasteiger partial charge is 0.411 e. The molecule has 4 nitrogen and oxygen atoms in total. The van der Waals surface area contributed by atoms with Crippen LogP contribution in [0.15, 0.2) is 28.8 Å². The number of hydrogen-bond donors (Lipinski definition) is 1. The van der Waals surface area contributed by atoms with Crippen molar-refractivity contribution in [3.05, 3.63) is 18.5 Å². The normalized spacial score (nSPS) is 34.8. The Morgan fingerprint density at radius 1 is 1.31 bits per heavy atom. The Hall–Kier alpha value is -1.10. The van der Waals surface area contributed by atoms with E-state index in [1.165, 1.54) is 19.3 Å². The Labute approximate surface area is 98.2 Å². The Morgan fingerprint density at radius 2 is 2.12 bits per heavy atom. The van der Waals surface area contributed by atoms with E-state index in [1.54, 1.807) is 24.2 Å². The highest BCUT2D eigenvalue weighted by Crippen LogP contribution is 2.48. The number of hydrogen-bond acceptors (Lipinski definition) is 5. The molecule has 3 atom stereocenters. The van der Waals surface area contributed by atoms with E-state index >= 15 is 0 Å². The Bertz CT molecular complexity index is 409. The molecule has 0 amide bonds. The summed E-state index contributed by atoms with van der Waals surface area (Å²) in [5.41, 5.74) is 0.953. The van der Waals surface area contributed by atoms with E-state index in [9.17, 15) is 0 Å². The van der Waals surface area contributed by atoms with Crippen LogP contribution in [0.3, 0.4) is 0 Å². The number of thioether (sulfide) groups is 1. The first-order valence-electron chi connectivity index (χ1n) is 5.54. The van der Waals surface area contributed by atoms with Gasteiger partial charge < -0.3 is 5.21 Å². The Balaban J connectivity index is 1.80. The van der Waals surface area contributed by atoms with E-state index < -0.39 is 0 Å². The van der Waals surface area contributed by atoms with E-state index in [0.29, 0.717) is 11.8 Å². The van der Waals surface area contributed by atoms with Gasteiger partial charge in [-0.2, -0.15) is 0 Å². The van der Waals surface area contributed by atoms with Gasteiger partial charge in [0.05, 0.1) is 11.0 Å². The van der Waals surface area contributed by atoms with Gasteiger partial charge in [-0.1, -0.05) is 16.9 Å². The molecule has 1 aromatic rings. The van der Waals surface area contributed by atoms with E-state index in [-0.39, 0.29) is 5.25 Å². The van der Waals surface area contributed by atoms with E-state index in [0.717, 1.165) is 10.9 Å². The summed E-state index contributed by atoms with van der Waals surface area (Å²) in [7, 11) is 0. The third-order valence-corrected chi connectivity index (χ3v) is 4.80. The number of nitrogens with zero attached hydrogens (tertiary/aromatic N) is 3. The van der Waals surface area contributed by atoms with Crippen LogP contribution in [0, 0.1) is 11.8 Å². The lowest BCUT2D eigenvalue weighted by Crippen LogP contribution is -2.25. The molecule has 5 heteroatoms. The number of fused-ring (bicyclic) bond motifs is 2. The molecule has 1 N–H and O–H groups in total. The number of aromatic nitrogens is 2. The van der Waals surface area contributed by atoms with Gasteiger partial charge in [0, 0.05) is 18.3 Å². The first kappa shape index (κ1) is 10.1. The average molecular weight is 235 g/mol. The van der Waals surface area contributed by atoms with Crippen LogP contribution in [-0.4, -0.2) is 26.1 Å². The van der Waals surface area contributed by atoms with Crippen molar-refractivity contribution in [1.29, 1.82) is 0 Å². The maximum atomic E-state index is 9.07. The topological polar surface area (TPSA) is 58.4 Å². The van der Waals surface area contributed by atoms with Gasteiger partial charge in [-0.25, -0.2) is 9.97 Å². The minimum absolute atomic E-state index is 0.283. The molecule has 1 aromatic heterocycles. The molecule has 2 saturated carbocycles. The second-order valence-corrected chi connectivity index (χ2v) is 5.47. The van der Waals surface area contributed by atoms with Gasteiger partial charge in [-0.3, -0.25) is 0 Å². The summed E-state index contributed by atoms with van der Waals surface area (Å²) in [5, 5.41) is 13.6. The lowest BCUT2D eigenvalue weighted by Gasteiger charge is -2.20. The summed E-state index contributed by atoms with van der Waals surface area (Å²) in [5.74, 6) is 1.14. The van der Waals surface area contributed by atoms with Crippen molar-refractivity contribution in [1.82, 2.24) is 9.97 Å². The first-order chi connectivity index (χ1) is 7.88. The summed E-state index contributed by atoms with van der Waals surface area (Å²) in [6.07, 6.45) is 7.09. The molecule has 84 valence electrons.